The molecule has 1 aromatic rings. The number of anilines is 1. The maximum Gasteiger partial charge on any atom is 0.389 e. The van der Waals surface area contributed by atoms with E-state index in [0.717, 1.165) is 0 Å². The van der Waals surface area contributed by atoms with E-state index in [-0.39, 0.29) is 6.54 Å². The standard InChI is InChI=1S/C13H12ClF3N2O/c14-11-4-3-10(8-9(11)2-1-7-18)19-12(20)5-6-13(15,16)17/h3-4,8H,5-7,18H2,(H,19,20). The van der Waals surface area contributed by atoms with Gasteiger partial charge in [-0.05, 0) is 18.2 Å². The lowest BCUT2D eigenvalue weighted by molar-refractivity contribution is -0.142. The lowest BCUT2D eigenvalue weighted by Crippen LogP contribution is -2.16. The monoisotopic (exact) mass is 304 g/mol. The summed E-state index contributed by atoms with van der Waals surface area (Å²) < 4.78 is 36.0. The van der Waals surface area contributed by atoms with Crippen LogP contribution in [0.4, 0.5) is 18.9 Å². The van der Waals surface area contributed by atoms with Crippen LogP contribution in [0, 0.1) is 11.8 Å². The van der Waals surface area contributed by atoms with Crippen LogP contribution in [0.25, 0.3) is 0 Å². The third kappa shape index (κ3) is 5.95. The van der Waals surface area contributed by atoms with Crippen molar-refractivity contribution in [2.75, 3.05) is 11.9 Å². The topological polar surface area (TPSA) is 55.1 Å². The Morgan fingerprint density at radius 1 is 1.40 bits per heavy atom. The van der Waals surface area contributed by atoms with Gasteiger partial charge >= 0.3 is 6.18 Å². The van der Waals surface area contributed by atoms with E-state index in [0.29, 0.717) is 16.3 Å². The van der Waals surface area contributed by atoms with Gasteiger partial charge in [0.05, 0.1) is 18.0 Å². The molecule has 0 aliphatic rings. The number of hydrogen-bond acceptors (Lipinski definition) is 2. The number of rotatable bonds is 3. The summed E-state index contributed by atoms with van der Waals surface area (Å²) in [5.41, 5.74) is 6.02. The van der Waals surface area contributed by atoms with Crippen LogP contribution in [0.3, 0.4) is 0 Å². The Morgan fingerprint density at radius 2 is 2.10 bits per heavy atom. The SMILES string of the molecule is NCC#Cc1cc(NC(=O)CCC(F)(F)F)ccc1Cl. The van der Waals surface area contributed by atoms with Gasteiger partial charge in [0.15, 0.2) is 0 Å². The number of amides is 1. The van der Waals surface area contributed by atoms with E-state index in [4.69, 9.17) is 17.3 Å². The van der Waals surface area contributed by atoms with Gasteiger partial charge < -0.3 is 11.1 Å². The molecule has 0 radical (unpaired) electrons. The Balaban J connectivity index is 2.71. The van der Waals surface area contributed by atoms with E-state index in [1.54, 1.807) is 0 Å². The van der Waals surface area contributed by atoms with Gasteiger partial charge in [-0.25, -0.2) is 0 Å². The van der Waals surface area contributed by atoms with Crippen LogP contribution in [0.2, 0.25) is 5.02 Å². The molecule has 1 rings (SSSR count). The second kappa shape index (κ2) is 7.17. The first kappa shape index (κ1) is 16.3. The molecule has 0 unspecified atom stereocenters. The number of nitrogens with one attached hydrogen (secondary N) is 1. The molecule has 20 heavy (non-hydrogen) atoms. The predicted octanol–water partition coefficient (Wildman–Crippen LogP) is 2.93. The van der Waals surface area contributed by atoms with Crippen LogP contribution >= 0.6 is 11.6 Å². The molecule has 0 fully saturated rings. The number of carbonyl (C=O) groups excluding carboxylic acids is 1. The quantitative estimate of drug-likeness (QED) is 0.844. The van der Waals surface area contributed by atoms with E-state index in [1.807, 2.05) is 0 Å². The molecule has 1 amide bonds. The van der Waals surface area contributed by atoms with Gasteiger partial charge in [-0.2, -0.15) is 13.2 Å². The second-order valence-electron chi connectivity index (χ2n) is 3.86. The van der Waals surface area contributed by atoms with Gasteiger partial charge in [0.2, 0.25) is 5.91 Å². The predicted molar refractivity (Wildman–Crippen MR) is 71.3 cm³/mol. The highest BCUT2D eigenvalue weighted by molar-refractivity contribution is 6.31. The van der Waals surface area contributed by atoms with Gasteiger partial charge in [0, 0.05) is 17.7 Å². The van der Waals surface area contributed by atoms with E-state index in [9.17, 15) is 18.0 Å². The zero-order valence-electron chi connectivity index (χ0n) is 10.4. The third-order valence-corrected chi connectivity index (χ3v) is 2.54. The average Bonchev–Trinajstić information content (AvgIpc) is 2.36. The normalized spacial score (nSPS) is 10.7. The molecule has 0 aliphatic heterocycles. The van der Waals surface area contributed by atoms with Crippen LogP contribution in [0.15, 0.2) is 18.2 Å². The second-order valence-corrected chi connectivity index (χ2v) is 4.27. The number of benzene rings is 1. The molecule has 0 heterocycles. The van der Waals surface area contributed by atoms with Crippen molar-refractivity contribution in [2.24, 2.45) is 5.73 Å². The Bertz CT molecular complexity index is 547. The number of hydrogen-bond donors (Lipinski definition) is 2. The molecular formula is C13H12ClF3N2O. The van der Waals surface area contributed by atoms with Crippen molar-refractivity contribution in [3.8, 4) is 11.8 Å². The zero-order chi connectivity index (χ0) is 15.2. The van der Waals surface area contributed by atoms with Gasteiger partial charge in [0.25, 0.3) is 0 Å². The molecule has 108 valence electrons. The van der Waals surface area contributed by atoms with Gasteiger partial charge in [-0.15, -0.1) is 0 Å². The van der Waals surface area contributed by atoms with Crippen LogP contribution in [-0.4, -0.2) is 18.6 Å². The van der Waals surface area contributed by atoms with E-state index in [1.165, 1.54) is 18.2 Å². The third-order valence-electron chi connectivity index (χ3n) is 2.21. The highest BCUT2D eigenvalue weighted by atomic mass is 35.5. The molecule has 1 aromatic carbocycles. The maximum absolute atomic E-state index is 12.0. The minimum atomic E-state index is -4.35. The van der Waals surface area contributed by atoms with Gasteiger partial charge in [-0.1, -0.05) is 23.4 Å². The summed E-state index contributed by atoms with van der Waals surface area (Å²) in [6.07, 6.45) is -6.14. The number of halogens is 4. The summed E-state index contributed by atoms with van der Waals surface area (Å²) in [7, 11) is 0. The summed E-state index contributed by atoms with van der Waals surface area (Å²) in [5, 5.41) is 2.74. The van der Waals surface area contributed by atoms with Gasteiger partial charge in [-0.3, -0.25) is 4.79 Å². The van der Waals surface area contributed by atoms with Crippen molar-refractivity contribution >= 4 is 23.2 Å². The molecule has 0 spiro atoms. The fraction of sp³-hybridized carbons (Fsp3) is 0.308. The fourth-order valence-electron chi connectivity index (χ4n) is 1.32. The number of carbonyl (C=O) groups is 1. The Hall–Kier alpha value is -1.71. The summed E-state index contributed by atoms with van der Waals surface area (Å²) in [6, 6.07) is 4.47. The van der Waals surface area contributed by atoms with Crippen LogP contribution in [0.5, 0.6) is 0 Å². The van der Waals surface area contributed by atoms with E-state index < -0.39 is 24.9 Å². The Kier molecular flexibility index (Phi) is 5.86. The van der Waals surface area contributed by atoms with Crippen LogP contribution in [-0.2, 0) is 4.79 Å². The first-order valence-corrected chi connectivity index (χ1v) is 6.04. The molecule has 0 aromatic heterocycles. The summed E-state index contributed by atoms with van der Waals surface area (Å²) in [4.78, 5) is 11.4. The smallest absolute Gasteiger partial charge is 0.326 e. The highest BCUT2D eigenvalue weighted by Crippen LogP contribution is 2.23. The largest absolute Gasteiger partial charge is 0.389 e. The van der Waals surface area contributed by atoms with E-state index in [2.05, 4.69) is 17.2 Å². The molecule has 0 bridgehead atoms. The van der Waals surface area contributed by atoms with Crippen molar-refractivity contribution in [2.45, 2.75) is 19.0 Å². The maximum atomic E-state index is 12.0. The number of nitrogens with two attached hydrogens (primary N) is 1. The Labute approximate surface area is 119 Å². The van der Waals surface area contributed by atoms with Crippen molar-refractivity contribution in [3.63, 3.8) is 0 Å². The molecule has 3 N–H and O–H groups in total. The lowest BCUT2D eigenvalue weighted by Gasteiger charge is -2.08. The molecule has 7 heteroatoms. The highest BCUT2D eigenvalue weighted by Gasteiger charge is 2.27. The molecule has 0 saturated heterocycles. The first-order chi connectivity index (χ1) is 9.31. The summed E-state index contributed by atoms with van der Waals surface area (Å²) in [6.45, 7) is 0.151. The van der Waals surface area contributed by atoms with Gasteiger partial charge in [0.1, 0.15) is 0 Å². The molecule has 0 atom stereocenters. The molecule has 0 aliphatic carbocycles. The average molecular weight is 305 g/mol. The minimum absolute atomic E-state index is 0.151. The van der Waals surface area contributed by atoms with Crippen molar-refractivity contribution in [1.82, 2.24) is 0 Å². The van der Waals surface area contributed by atoms with Crippen LogP contribution in [0.1, 0.15) is 18.4 Å². The Morgan fingerprint density at radius 3 is 2.70 bits per heavy atom. The summed E-state index contributed by atoms with van der Waals surface area (Å²) in [5.74, 6) is 4.59. The van der Waals surface area contributed by atoms with Crippen molar-refractivity contribution in [3.05, 3.63) is 28.8 Å². The first-order valence-electron chi connectivity index (χ1n) is 5.67. The van der Waals surface area contributed by atoms with E-state index >= 15 is 0 Å². The number of alkyl halides is 3. The molecule has 3 nitrogen and oxygen atoms in total. The minimum Gasteiger partial charge on any atom is -0.326 e. The zero-order valence-corrected chi connectivity index (χ0v) is 11.1. The van der Waals surface area contributed by atoms with Crippen molar-refractivity contribution in [1.29, 1.82) is 0 Å². The molecular weight excluding hydrogens is 293 g/mol. The lowest BCUT2D eigenvalue weighted by atomic mass is 10.2. The van der Waals surface area contributed by atoms with Crippen LogP contribution < -0.4 is 11.1 Å². The fourth-order valence-corrected chi connectivity index (χ4v) is 1.49. The summed E-state index contributed by atoms with van der Waals surface area (Å²) >= 11 is 5.88. The van der Waals surface area contributed by atoms with Crippen molar-refractivity contribution < 1.29 is 18.0 Å². The molecule has 0 saturated carbocycles.